The molecule has 0 atom stereocenters. The van der Waals surface area contributed by atoms with Crippen molar-refractivity contribution in [1.82, 2.24) is 5.32 Å². The normalized spacial score (nSPS) is 14.0. The van der Waals surface area contributed by atoms with E-state index in [4.69, 9.17) is 37.4 Å². The minimum absolute atomic E-state index is 0.184. The molecular weight excluding hydrogens is 683 g/mol. The molecule has 11 heteroatoms. The maximum Gasteiger partial charge on any atom is 0.335 e. The maximum absolute atomic E-state index is 13.5. The van der Waals surface area contributed by atoms with Crippen molar-refractivity contribution in [3.05, 3.63) is 121 Å². The van der Waals surface area contributed by atoms with E-state index in [1.165, 1.54) is 6.08 Å². The van der Waals surface area contributed by atoms with Crippen molar-refractivity contribution in [3.63, 3.8) is 0 Å². The number of halogens is 3. The molecule has 1 saturated heterocycles. The Balaban J connectivity index is 1.35. The summed E-state index contributed by atoms with van der Waals surface area (Å²) in [5, 5.41) is 3.10. The summed E-state index contributed by atoms with van der Waals surface area (Å²) in [6.07, 6.45) is 1.40. The van der Waals surface area contributed by atoms with Crippen LogP contribution in [0.25, 0.3) is 6.08 Å². The molecule has 1 aliphatic rings. The van der Waals surface area contributed by atoms with Gasteiger partial charge in [0.05, 0.1) is 26.8 Å². The van der Waals surface area contributed by atoms with E-state index in [1.807, 2.05) is 38.1 Å². The quantitative estimate of drug-likeness (QED) is 0.132. The van der Waals surface area contributed by atoms with E-state index < -0.39 is 17.8 Å². The Morgan fingerprint density at radius 3 is 2.20 bits per heavy atom. The average Bonchev–Trinajstić information content (AvgIpc) is 3.01. The van der Waals surface area contributed by atoms with Crippen LogP contribution in [0.4, 0.5) is 10.5 Å². The van der Waals surface area contributed by atoms with Crippen molar-refractivity contribution in [1.29, 1.82) is 0 Å². The second-order valence-corrected chi connectivity index (χ2v) is 11.7. The number of imide groups is 2. The highest BCUT2D eigenvalue weighted by Crippen LogP contribution is 2.38. The lowest BCUT2D eigenvalue weighted by molar-refractivity contribution is -0.122. The first-order valence-corrected chi connectivity index (χ1v) is 15.4. The molecule has 0 saturated carbocycles. The zero-order valence-electron chi connectivity index (χ0n) is 24.2. The maximum atomic E-state index is 13.5. The van der Waals surface area contributed by atoms with Crippen molar-refractivity contribution in [3.8, 4) is 17.2 Å². The first-order chi connectivity index (χ1) is 21.6. The molecule has 4 aromatic rings. The van der Waals surface area contributed by atoms with Gasteiger partial charge in [-0.1, -0.05) is 59.1 Å². The predicted molar refractivity (Wildman–Crippen MR) is 177 cm³/mol. The Labute approximate surface area is 278 Å². The molecular formula is C34H27BrCl2N2O6. The third kappa shape index (κ3) is 7.68. The third-order valence-corrected chi connectivity index (χ3v) is 8.06. The van der Waals surface area contributed by atoms with Gasteiger partial charge in [0, 0.05) is 0 Å². The van der Waals surface area contributed by atoms with Gasteiger partial charge in [0.1, 0.15) is 24.5 Å². The molecule has 1 heterocycles. The van der Waals surface area contributed by atoms with E-state index in [0.717, 1.165) is 21.6 Å². The molecule has 0 aliphatic carbocycles. The van der Waals surface area contributed by atoms with Crippen molar-refractivity contribution < 1.29 is 28.6 Å². The van der Waals surface area contributed by atoms with E-state index in [9.17, 15) is 14.4 Å². The first kappa shape index (κ1) is 32.1. The van der Waals surface area contributed by atoms with Crippen molar-refractivity contribution in [2.45, 2.75) is 27.1 Å². The number of nitrogens with one attached hydrogen (secondary N) is 1. The largest absolute Gasteiger partial charge is 0.490 e. The standard InChI is InChI=1S/C34H27BrCl2N2O6/c1-3-43-30-17-23(15-27(35)31(30)45-19-22-8-13-28(36)29(37)16-22)14-26-32(40)38-34(42)39(33(26)41)24-9-11-25(12-10-24)44-18-21-6-4-20(2)5-7-21/h4-17H,3,18-19H2,1-2H3,(H,38,40,42)/b26-14+. The topological polar surface area (TPSA) is 94.2 Å². The summed E-state index contributed by atoms with van der Waals surface area (Å²) in [7, 11) is 0. The van der Waals surface area contributed by atoms with Crippen LogP contribution in [0.2, 0.25) is 10.0 Å². The number of barbiturate groups is 1. The second-order valence-electron chi connectivity index (χ2n) is 10.0. The highest BCUT2D eigenvalue weighted by molar-refractivity contribution is 9.10. The Bertz CT molecular complexity index is 1790. The van der Waals surface area contributed by atoms with Gasteiger partial charge in [-0.15, -0.1) is 0 Å². The third-order valence-electron chi connectivity index (χ3n) is 6.73. The lowest BCUT2D eigenvalue weighted by atomic mass is 10.1. The Morgan fingerprint density at radius 1 is 0.822 bits per heavy atom. The van der Waals surface area contributed by atoms with Crippen LogP contribution in [0, 0.1) is 6.92 Å². The lowest BCUT2D eigenvalue weighted by Crippen LogP contribution is -2.54. The number of urea groups is 1. The Kier molecular flexibility index (Phi) is 10.1. The number of hydrogen-bond acceptors (Lipinski definition) is 6. The molecule has 4 amide bonds. The van der Waals surface area contributed by atoms with Gasteiger partial charge in [-0.25, -0.2) is 9.69 Å². The molecule has 1 aliphatic heterocycles. The lowest BCUT2D eigenvalue weighted by Gasteiger charge is -2.26. The monoisotopic (exact) mass is 708 g/mol. The molecule has 230 valence electrons. The minimum Gasteiger partial charge on any atom is -0.490 e. The molecule has 4 aromatic carbocycles. The molecule has 0 bridgehead atoms. The van der Waals surface area contributed by atoms with E-state index in [1.54, 1.807) is 54.6 Å². The van der Waals surface area contributed by atoms with E-state index in [0.29, 0.717) is 50.5 Å². The smallest absolute Gasteiger partial charge is 0.335 e. The zero-order chi connectivity index (χ0) is 32.1. The predicted octanol–water partition coefficient (Wildman–Crippen LogP) is 8.29. The minimum atomic E-state index is -0.849. The van der Waals surface area contributed by atoms with Crippen LogP contribution in [0.5, 0.6) is 17.2 Å². The van der Waals surface area contributed by atoms with Gasteiger partial charge in [-0.05, 0) is 101 Å². The fraction of sp³-hybridized carbons (Fsp3) is 0.147. The summed E-state index contributed by atoms with van der Waals surface area (Å²) in [6, 6.07) is 22.1. The molecule has 0 radical (unpaired) electrons. The summed E-state index contributed by atoms with van der Waals surface area (Å²) < 4.78 is 18.2. The second kappa shape index (κ2) is 14.2. The SMILES string of the molecule is CCOc1cc(/C=C2\C(=O)NC(=O)N(c3ccc(OCc4ccc(C)cc4)cc3)C2=O)cc(Br)c1OCc1ccc(Cl)c(Cl)c1. The molecule has 1 N–H and O–H groups in total. The number of amides is 4. The van der Waals surface area contributed by atoms with Crippen molar-refractivity contribution >= 4 is 68.7 Å². The molecule has 0 aromatic heterocycles. The highest BCUT2D eigenvalue weighted by Gasteiger charge is 2.37. The van der Waals surface area contributed by atoms with Crippen molar-refractivity contribution in [2.75, 3.05) is 11.5 Å². The zero-order valence-corrected chi connectivity index (χ0v) is 27.3. The summed E-state index contributed by atoms with van der Waals surface area (Å²) in [5.74, 6) is -0.215. The number of aryl methyl sites for hydroxylation is 1. The molecule has 1 fully saturated rings. The number of hydrogen-bond donors (Lipinski definition) is 1. The Hall–Kier alpha value is -4.31. The Morgan fingerprint density at radius 2 is 1.51 bits per heavy atom. The van der Waals surface area contributed by atoms with E-state index >= 15 is 0 Å². The molecule has 5 rings (SSSR count). The fourth-order valence-corrected chi connectivity index (χ4v) is 5.36. The fourth-order valence-electron chi connectivity index (χ4n) is 4.46. The number of ether oxygens (including phenoxy) is 3. The first-order valence-electron chi connectivity index (χ1n) is 13.9. The molecule has 0 spiro atoms. The van der Waals surface area contributed by atoms with Gasteiger partial charge in [-0.2, -0.15) is 0 Å². The van der Waals surface area contributed by atoms with Crippen LogP contribution in [0.1, 0.15) is 29.2 Å². The molecule has 0 unspecified atom stereocenters. The number of carbonyl (C=O) groups excluding carboxylic acids is 3. The van der Waals surface area contributed by atoms with Crippen LogP contribution < -0.4 is 24.4 Å². The van der Waals surface area contributed by atoms with Crippen LogP contribution in [-0.4, -0.2) is 24.5 Å². The van der Waals surface area contributed by atoms with Gasteiger partial charge in [0.2, 0.25) is 0 Å². The van der Waals surface area contributed by atoms with Gasteiger partial charge < -0.3 is 14.2 Å². The van der Waals surface area contributed by atoms with Gasteiger partial charge in [-0.3, -0.25) is 14.9 Å². The highest BCUT2D eigenvalue weighted by atomic mass is 79.9. The summed E-state index contributed by atoms with van der Waals surface area (Å²) in [4.78, 5) is 40.0. The number of nitrogens with zero attached hydrogens (tertiary/aromatic N) is 1. The van der Waals surface area contributed by atoms with E-state index in [2.05, 4.69) is 21.2 Å². The molecule has 45 heavy (non-hydrogen) atoms. The van der Waals surface area contributed by atoms with Crippen LogP contribution in [0.3, 0.4) is 0 Å². The summed E-state index contributed by atoms with van der Waals surface area (Å²) in [5.41, 5.74) is 3.48. The van der Waals surface area contributed by atoms with Gasteiger partial charge in [0.15, 0.2) is 11.5 Å². The number of anilines is 1. The number of benzene rings is 4. The van der Waals surface area contributed by atoms with Crippen LogP contribution in [0.15, 0.2) is 88.9 Å². The van der Waals surface area contributed by atoms with Crippen molar-refractivity contribution in [2.24, 2.45) is 0 Å². The number of carbonyl (C=O) groups is 3. The van der Waals surface area contributed by atoms with Gasteiger partial charge in [0.25, 0.3) is 11.8 Å². The summed E-state index contributed by atoms with van der Waals surface area (Å²) in [6.45, 7) is 4.72. The average molecular weight is 710 g/mol. The van der Waals surface area contributed by atoms with Crippen LogP contribution >= 0.6 is 39.1 Å². The molecule has 8 nitrogen and oxygen atoms in total. The van der Waals surface area contributed by atoms with Gasteiger partial charge >= 0.3 is 6.03 Å². The number of rotatable bonds is 10. The van der Waals surface area contributed by atoms with E-state index in [-0.39, 0.29) is 17.9 Å². The summed E-state index contributed by atoms with van der Waals surface area (Å²) >= 11 is 15.7. The van der Waals surface area contributed by atoms with Crippen LogP contribution in [-0.2, 0) is 22.8 Å².